The minimum Gasteiger partial charge on any atom is -0.494 e. The van der Waals surface area contributed by atoms with E-state index in [0.29, 0.717) is 28.2 Å². The number of hydrogen-bond acceptors (Lipinski definition) is 6. The van der Waals surface area contributed by atoms with E-state index < -0.39 is 11.9 Å². The third-order valence-corrected chi connectivity index (χ3v) is 5.01. The first-order valence-corrected chi connectivity index (χ1v) is 10.0. The molecule has 3 aromatic rings. The van der Waals surface area contributed by atoms with Crippen molar-refractivity contribution in [2.24, 2.45) is 5.73 Å². The van der Waals surface area contributed by atoms with Gasteiger partial charge in [0.1, 0.15) is 5.75 Å². The molecule has 0 bridgehead atoms. The van der Waals surface area contributed by atoms with Gasteiger partial charge in [0.2, 0.25) is 5.91 Å². The van der Waals surface area contributed by atoms with Gasteiger partial charge in [0.05, 0.1) is 17.4 Å². The van der Waals surface area contributed by atoms with Crippen LogP contribution in [0.15, 0.2) is 53.7 Å². The topological polar surface area (TPSA) is 112 Å². The molecular weight excluding hydrogens is 414 g/mol. The number of hydrogen-bond donors (Lipinski definition) is 2. The molecule has 3 N–H and O–H groups in total. The Morgan fingerprint density at radius 3 is 2.55 bits per heavy atom. The number of nitrogens with two attached hydrogens (primary N) is 1. The second-order valence-electron chi connectivity index (χ2n) is 5.75. The van der Waals surface area contributed by atoms with Gasteiger partial charge in [-0.15, -0.1) is 10.2 Å². The standard InChI is InChI=1S/C19H18ClN5O3S/c1-2-28-13-9-7-12(8-10-13)25-17(14-5-3-4-6-15(14)20)23-24-19(25)29-11-16(26)22-18(21)27/h3-10H,2,11H2,1H3,(H3,21,22,26,27). The normalized spacial score (nSPS) is 10.6. The highest BCUT2D eigenvalue weighted by molar-refractivity contribution is 7.99. The lowest BCUT2D eigenvalue weighted by Gasteiger charge is -2.12. The van der Waals surface area contributed by atoms with Gasteiger partial charge in [0.25, 0.3) is 0 Å². The fourth-order valence-corrected chi connectivity index (χ4v) is 3.55. The van der Waals surface area contributed by atoms with Crippen molar-refractivity contribution in [1.29, 1.82) is 0 Å². The molecule has 8 nitrogen and oxygen atoms in total. The van der Waals surface area contributed by atoms with Crippen LogP contribution in [0.25, 0.3) is 17.1 Å². The Balaban J connectivity index is 1.99. The molecule has 0 saturated carbocycles. The molecule has 0 spiro atoms. The minimum atomic E-state index is -0.902. The summed E-state index contributed by atoms with van der Waals surface area (Å²) in [4.78, 5) is 22.6. The van der Waals surface area contributed by atoms with E-state index in [1.54, 1.807) is 10.6 Å². The van der Waals surface area contributed by atoms with Crippen LogP contribution in [0.1, 0.15) is 6.92 Å². The summed E-state index contributed by atoms with van der Waals surface area (Å²) in [5.41, 5.74) is 6.45. The van der Waals surface area contributed by atoms with Crippen molar-refractivity contribution in [3.8, 4) is 22.8 Å². The van der Waals surface area contributed by atoms with Gasteiger partial charge in [0, 0.05) is 11.3 Å². The predicted molar refractivity (Wildman–Crippen MR) is 111 cm³/mol. The number of thioether (sulfide) groups is 1. The molecule has 1 heterocycles. The van der Waals surface area contributed by atoms with E-state index in [-0.39, 0.29) is 5.75 Å². The molecule has 3 amide bonds. The van der Waals surface area contributed by atoms with Crippen LogP contribution in [-0.4, -0.2) is 39.1 Å². The number of carbonyl (C=O) groups excluding carboxylic acids is 2. The van der Waals surface area contributed by atoms with Crippen molar-refractivity contribution in [3.05, 3.63) is 53.6 Å². The van der Waals surface area contributed by atoms with Gasteiger partial charge >= 0.3 is 6.03 Å². The van der Waals surface area contributed by atoms with E-state index in [9.17, 15) is 9.59 Å². The van der Waals surface area contributed by atoms with Crippen molar-refractivity contribution >= 4 is 35.3 Å². The molecule has 0 saturated heterocycles. The van der Waals surface area contributed by atoms with Crippen LogP contribution in [0.3, 0.4) is 0 Å². The van der Waals surface area contributed by atoms with Gasteiger partial charge in [-0.3, -0.25) is 14.7 Å². The second-order valence-corrected chi connectivity index (χ2v) is 7.10. The summed E-state index contributed by atoms with van der Waals surface area (Å²) in [6.07, 6.45) is 0. The summed E-state index contributed by atoms with van der Waals surface area (Å²) in [6, 6.07) is 13.8. The lowest BCUT2D eigenvalue weighted by molar-refractivity contribution is -0.117. The highest BCUT2D eigenvalue weighted by Crippen LogP contribution is 2.32. The maximum atomic E-state index is 11.8. The molecule has 10 heteroatoms. The Bertz CT molecular complexity index is 1020. The molecular formula is C19H18ClN5O3S. The van der Waals surface area contributed by atoms with E-state index >= 15 is 0 Å². The fraction of sp³-hybridized carbons (Fsp3) is 0.158. The Labute approximate surface area is 176 Å². The van der Waals surface area contributed by atoms with E-state index in [4.69, 9.17) is 22.1 Å². The van der Waals surface area contributed by atoms with E-state index in [0.717, 1.165) is 23.2 Å². The first kappa shape index (κ1) is 20.7. The van der Waals surface area contributed by atoms with Gasteiger partial charge < -0.3 is 10.5 Å². The summed E-state index contributed by atoms with van der Waals surface area (Å²) in [5.74, 6) is 0.680. The number of nitrogens with one attached hydrogen (secondary N) is 1. The Morgan fingerprint density at radius 2 is 1.90 bits per heavy atom. The Kier molecular flexibility index (Phi) is 6.73. The molecule has 0 radical (unpaired) electrons. The zero-order chi connectivity index (χ0) is 20.8. The van der Waals surface area contributed by atoms with E-state index in [1.165, 1.54) is 0 Å². The van der Waals surface area contributed by atoms with Crippen LogP contribution >= 0.6 is 23.4 Å². The fourth-order valence-electron chi connectivity index (χ4n) is 2.57. The highest BCUT2D eigenvalue weighted by atomic mass is 35.5. The molecule has 2 aromatic carbocycles. The summed E-state index contributed by atoms with van der Waals surface area (Å²) < 4.78 is 7.29. The molecule has 3 rings (SSSR count). The zero-order valence-electron chi connectivity index (χ0n) is 15.5. The van der Waals surface area contributed by atoms with Crippen LogP contribution in [0.4, 0.5) is 4.79 Å². The number of carbonyl (C=O) groups is 2. The molecule has 0 fully saturated rings. The number of benzene rings is 2. The average Bonchev–Trinajstić information content (AvgIpc) is 3.11. The number of rotatable bonds is 7. The third kappa shape index (κ3) is 5.07. The summed E-state index contributed by atoms with van der Waals surface area (Å²) in [6.45, 7) is 2.47. The number of ether oxygens (including phenoxy) is 1. The largest absolute Gasteiger partial charge is 0.494 e. The average molecular weight is 432 g/mol. The maximum absolute atomic E-state index is 11.8. The first-order valence-electron chi connectivity index (χ1n) is 8.65. The second kappa shape index (κ2) is 9.44. The monoisotopic (exact) mass is 431 g/mol. The van der Waals surface area contributed by atoms with Crippen molar-refractivity contribution in [2.75, 3.05) is 12.4 Å². The number of imide groups is 1. The molecule has 0 aliphatic rings. The molecule has 0 atom stereocenters. The summed E-state index contributed by atoms with van der Waals surface area (Å²) in [5, 5.41) is 11.5. The number of urea groups is 1. The number of primary amides is 1. The zero-order valence-corrected chi connectivity index (χ0v) is 17.0. The van der Waals surface area contributed by atoms with Crippen LogP contribution in [0.2, 0.25) is 5.02 Å². The van der Waals surface area contributed by atoms with Crippen LogP contribution in [-0.2, 0) is 4.79 Å². The van der Waals surface area contributed by atoms with Gasteiger partial charge in [-0.1, -0.05) is 35.5 Å². The molecule has 150 valence electrons. The van der Waals surface area contributed by atoms with Gasteiger partial charge in [-0.05, 0) is 43.3 Å². The van der Waals surface area contributed by atoms with Gasteiger partial charge in [-0.25, -0.2) is 4.79 Å². The molecule has 0 aliphatic heterocycles. The van der Waals surface area contributed by atoms with E-state index in [1.807, 2.05) is 54.7 Å². The Hall–Kier alpha value is -3.04. The molecule has 0 unspecified atom stereocenters. The van der Waals surface area contributed by atoms with Crippen molar-refractivity contribution in [1.82, 2.24) is 20.1 Å². The third-order valence-electron chi connectivity index (χ3n) is 3.75. The SMILES string of the molecule is CCOc1ccc(-n2c(SCC(=O)NC(N)=O)nnc2-c2ccccc2Cl)cc1. The van der Waals surface area contributed by atoms with E-state index in [2.05, 4.69) is 10.2 Å². The summed E-state index contributed by atoms with van der Waals surface area (Å²) >= 11 is 7.48. The lowest BCUT2D eigenvalue weighted by Crippen LogP contribution is -2.36. The summed E-state index contributed by atoms with van der Waals surface area (Å²) in [7, 11) is 0. The number of aromatic nitrogens is 3. The molecule has 0 aliphatic carbocycles. The number of amides is 3. The lowest BCUT2D eigenvalue weighted by atomic mass is 10.2. The van der Waals surface area contributed by atoms with Crippen molar-refractivity contribution in [2.45, 2.75) is 12.1 Å². The quantitative estimate of drug-likeness (QED) is 0.555. The van der Waals surface area contributed by atoms with Gasteiger partial charge in [-0.2, -0.15) is 0 Å². The number of halogens is 1. The van der Waals surface area contributed by atoms with Crippen LogP contribution in [0, 0.1) is 0 Å². The first-order chi connectivity index (χ1) is 14.0. The predicted octanol–water partition coefficient (Wildman–Crippen LogP) is 3.27. The smallest absolute Gasteiger partial charge is 0.318 e. The Morgan fingerprint density at radius 1 is 1.17 bits per heavy atom. The number of nitrogens with zero attached hydrogens (tertiary/aromatic N) is 3. The van der Waals surface area contributed by atoms with Crippen LogP contribution < -0.4 is 15.8 Å². The highest BCUT2D eigenvalue weighted by Gasteiger charge is 2.19. The van der Waals surface area contributed by atoms with Crippen molar-refractivity contribution in [3.63, 3.8) is 0 Å². The van der Waals surface area contributed by atoms with Gasteiger partial charge in [0.15, 0.2) is 11.0 Å². The maximum Gasteiger partial charge on any atom is 0.318 e. The molecule has 29 heavy (non-hydrogen) atoms. The van der Waals surface area contributed by atoms with Crippen molar-refractivity contribution < 1.29 is 14.3 Å². The van der Waals surface area contributed by atoms with Crippen LogP contribution in [0.5, 0.6) is 5.75 Å². The molecule has 1 aromatic heterocycles. The minimum absolute atomic E-state index is 0.0549.